The summed E-state index contributed by atoms with van der Waals surface area (Å²) in [5.74, 6) is -0.320. The first-order valence-corrected chi connectivity index (χ1v) is 9.70. The molecule has 5 nitrogen and oxygen atoms in total. The molecule has 2 aliphatic rings. The minimum absolute atomic E-state index is 0.159. The number of hydrogen-bond acceptors (Lipinski definition) is 4. The Bertz CT molecular complexity index is 874. The summed E-state index contributed by atoms with van der Waals surface area (Å²) in [5, 5.41) is 5.85. The number of anilines is 1. The molecule has 1 unspecified atom stereocenters. The Balaban J connectivity index is 1.51. The highest BCUT2D eigenvalue weighted by molar-refractivity contribution is 7.99. The summed E-state index contributed by atoms with van der Waals surface area (Å²) in [6.07, 6.45) is 2.03. The molecule has 0 aromatic heterocycles. The number of amides is 2. The predicted molar refractivity (Wildman–Crippen MR) is 103 cm³/mol. The lowest BCUT2D eigenvalue weighted by Crippen LogP contribution is -2.36. The van der Waals surface area contributed by atoms with Crippen molar-refractivity contribution in [3.05, 3.63) is 53.6 Å². The van der Waals surface area contributed by atoms with Gasteiger partial charge < -0.3 is 10.6 Å². The van der Waals surface area contributed by atoms with E-state index in [2.05, 4.69) is 10.6 Å². The SMILES string of the molecule is O=C(NCC1CCCN1Cl)c1ccc2c(c1)NC(=O)c1ccccc1S2. The minimum Gasteiger partial charge on any atom is -0.350 e. The van der Waals surface area contributed by atoms with Gasteiger partial charge in [0.25, 0.3) is 11.8 Å². The van der Waals surface area contributed by atoms with Gasteiger partial charge in [0.1, 0.15) is 0 Å². The third kappa shape index (κ3) is 3.45. The van der Waals surface area contributed by atoms with Gasteiger partial charge in [-0.3, -0.25) is 9.59 Å². The van der Waals surface area contributed by atoms with Crippen molar-refractivity contribution in [1.82, 2.24) is 9.74 Å². The molecule has 4 rings (SSSR count). The summed E-state index contributed by atoms with van der Waals surface area (Å²) in [6, 6.07) is 13.0. The van der Waals surface area contributed by atoms with Crippen LogP contribution in [0, 0.1) is 0 Å². The first kappa shape index (κ1) is 17.4. The predicted octanol–water partition coefficient (Wildman–Crippen LogP) is 3.75. The van der Waals surface area contributed by atoms with E-state index < -0.39 is 0 Å². The first-order chi connectivity index (χ1) is 12.6. The van der Waals surface area contributed by atoms with Crippen molar-refractivity contribution in [3.63, 3.8) is 0 Å². The number of carbonyl (C=O) groups is 2. The third-order valence-electron chi connectivity index (χ3n) is 4.65. The van der Waals surface area contributed by atoms with Gasteiger partial charge in [0.05, 0.1) is 11.3 Å². The minimum atomic E-state index is -0.161. The van der Waals surface area contributed by atoms with Crippen LogP contribution in [0.4, 0.5) is 5.69 Å². The van der Waals surface area contributed by atoms with Crippen LogP contribution in [-0.4, -0.2) is 35.4 Å². The van der Waals surface area contributed by atoms with E-state index in [1.165, 1.54) is 11.8 Å². The van der Waals surface area contributed by atoms with E-state index in [4.69, 9.17) is 11.8 Å². The quantitative estimate of drug-likeness (QED) is 0.787. The summed E-state index contributed by atoms with van der Waals surface area (Å²) in [4.78, 5) is 26.8. The molecule has 2 heterocycles. The van der Waals surface area contributed by atoms with Crippen LogP contribution in [0.2, 0.25) is 0 Å². The van der Waals surface area contributed by atoms with Gasteiger partial charge in [-0.1, -0.05) is 23.9 Å². The van der Waals surface area contributed by atoms with E-state index in [0.29, 0.717) is 23.4 Å². The van der Waals surface area contributed by atoms with Crippen LogP contribution in [0.25, 0.3) is 0 Å². The van der Waals surface area contributed by atoms with Gasteiger partial charge in [-0.05, 0) is 55.0 Å². The molecule has 7 heteroatoms. The molecule has 0 bridgehead atoms. The fourth-order valence-electron chi connectivity index (χ4n) is 3.22. The van der Waals surface area contributed by atoms with Gasteiger partial charge >= 0.3 is 0 Å². The number of nitrogens with zero attached hydrogens (tertiary/aromatic N) is 1. The Hall–Kier alpha value is -2.02. The van der Waals surface area contributed by atoms with Crippen LogP contribution in [0.3, 0.4) is 0 Å². The molecule has 1 atom stereocenters. The molecule has 134 valence electrons. The number of hydrogen-bond donors (Lipinski definition) is 2. The zero-order chi connectivity index (χ0) is 18.1. The summed E-state index contributed by atoms with van der Waals surface area (Å²) in [6.45, 7) is 1.37. The second-order valence-electron chi connectivity index (χ2n) is 6.39. The molecular formula is C19H18ClN3O2S. The largest absolute Gasteiger partial charge is 0.350 e. The maximum absolute atomic E-state index is 12.5. The van der Waals surface area contributed by atoms with Gasteiger partial charge in [0.15, 0.2) is 0 Å². The van der Waals surface area contributed by atoms with Crippen molar-refractivity contribution in [2.24, 2.45) is 0 Å². The molecule has 2 amide bonds. The highest BCUT2D eigenvalue weighted by atomic mass is 35.5. The fraction of sp³-hybridized carbons (Fsp3) is 0.263. The Morgan fingerprint density at radius 1 is 1.27 bits per heavy atom. The molecule has 1 saturated heterocycles. The molecule has 0 saturated carbocycles. The molecule has 1 fully saturated rings. The highest BCUT2D eigenvalue weighted by Gasteiger charge is 2.24. The van der Waals surface area contributed by atoms with E-state index >= 15 is 0 Å². The standard InChI is InChI=1S/C19H18ClN3O2S/c20-23-9-3-4-13(23)11-21-18(24)12-7-8-17-15(10-12)22-19(25)14-5-1-2-6-16(14)26-17/h1-2,5-8,10,13H,3-4,9,11H2,(H,21,24)(H,22,25). The van der Waals surface area contributed by atoms with E-state index in [9.17, 15) is 9.59 Å². The van der Waals surface area contributed by atoms with E-state index in [-0.39, 0.29) is 17.9 Å². The molecule has 26 heavy (non-hydrogen) atoms. The zero-order valence-corrected chi connectivity index (χ0v) is 15.6. The van der Waals surface area contributed by atoms with E-state index in [0.717, 1.165) is 29.2 Å². The van der Waals surface area contributed by atoms with Crippen LogP contribution in [0.5, 0.6) is 0 Å². The van der Waals surface area contributed by atoms with Gasteiger partial charge in [0, 0.05) is 34.5 Å². The lowest BCUT2D eigenvalue weighted by molar-refractivity contribution is 0.0945. The summed E-state index contributed by atoms with van der Waals surface area (Å²) < 4.78 is 1.76. The van der Waals surface area contributed by atoms with Crippen LogP contribution >= 0.6 is 23.5 Å². The molecule has 0 radical (unpaired) electrons. The maximum atomic E-state index is 12.5. The Morgan fingerprint density at radius 3 is 2.92 bits per heavy atom. The average Bonchev–Trinajstić information content (AvgIpc) is 2.99. The van der Waals surface area contributed by atoms with Crippen molar-refractivity contribution >= 4 is 41.0 Å². The smallest absolute Gasteiger partial charge is 0.256 e. The Labute approximate surface area is 161 Å². The number of halogens is 1. The van der Waals surface area contributed by atoms with Gasteiger partial charge in [-0.2, -0.15) is 0 Å². The Kier molecular flexibility index (Phi) is 4.89. The van der Waals surface area contributed by atoms with E-state index in [1.807, 2.05) is 24.3 Å². The maximum Gasteiger partial charge on any atom is 0.256 e. The first-order valence-electron chi connectivity index (χ1n) is 8.55. The lowest BCUT2D eigenvalue weighted by Gasteiger charge is -2.17. The highest BCUT2D eigenvalue weighted by Crippen LogP contribution is 2.38. The van der Waals surface area contributed by atoms with Crippen molar-refractivity contribution in [1.29, 1.82) is 0 Å². The second-order valence-corrected chi connectivity index (χ2v) is 7.91. The number of carbonyl (C=O) groups excluding carboxylic acids is 2. The van der Waals surface area contributed by atoms with Crippen LogP contribution in [0.15, 0.2) is 52.3 Å². The average molecular weight is 388 g/mol. The molecule has 2 aromatic carbocycles. The molecule has 0 aliphatic carbocycles. The summed E-state index contributed by atoms with van der Waals surface area (Å²) >= 11 is 7.64. The monoisotopic (exact) mass is 387 g/mol. The summed E-state index contributed by atoms with van der Waals surface area (Å²) in [7, 11) is 0. The number of rotatable bonds is 3. The Morgan fingerprint density at radius 2 is 2.12 bits per heavy atom. The van der Waals surface area contributed by atoms with Crippen LogP contribution in [-0.2, 0) is 0 Å². The normalized spacial score (nSPS) is 19.3. The fourth-order valence-corrected chi connectivity index (χ4v) is 4.52. The molecule has 0 spiro atoms. The van der Waals surface area contributed by atoms with Crippen molar-refractivity contribution in [2.45, 2.75) is 28.7 Å². The molecule has 2 aliphatic heterocycles. The second kappa shape index (κ2) is 7.31. The summed E-state index contributed by atoms with van der Waals surface area (Å²) in [5.41, 5.74) is 1.82. The zero-order valence-electron chi connectivity index (χ0n) is 14.0. The van der Waals surface area contributed by atoms with Gasteiger partial charge in [0.2, 0.25) is 0 Å². The molecule has 2 aromatic rings. The van der Waals surface area contributed by atoms with Gasteiger partial charge in [-0.15, -0.1) is 0 Å². The van der Waals surface area contributed by atoms with Crippen molar-refractivity contribution in [3.8, 4) is 0 Å². The van der Waals surface area contributed by atoms with Gasteiger partial charge in [-0.25, -0.2) is 4.42 Å². The van der Waals surface area contributed by atoms with Crippen molar-refractivity contribution in [2.75, 3.05) is 18.4 Å². The molecular weight excluding hydrogens is 370 g/mol. The lowest BCUT2D eigenvalue weighted by atomic mass is 10.1. The molecule has 2 N–H and O–H groups in total. The number of fused-ring (bicyclic) bond motifs is 2. The third-order valence-corrected chi connectivity index (χ3v) is 6.24. The van der Waals surface area contributed by atoms with Crippen molar-refractivity contribution < 1.29 is 9.59 Å². The number of nitrogens with one attached hydrogen (secondary N) is 2. The topological polar surface area (TPSA) is 61.4 Å². The van der Waals surface area contributed by atoms with Crippen LogP contribution in [0.1, 0.15) is 33.6 Å². The van der Waals surface area contributed by atoms with Crippen LogP contribution < -0.4 is 10.6 Å². The number of benzene rings is 2. The van der Waals surface area contributed by atoms with E-state index in [1.54, 1.807) is 22.6 Å².